The summed E-state index contributed by atoms with van der Waals surface area (Å²) in [4.78, 5) is 44.3. The number of hydrogen-bond donors (Lipinski definition) is 2. The fourth-order valence-electron chi connectivity index (χ4n) is 4.06. The Morgan fingerprint density at radius 2 is 1.74 bits per heavy atom. The molecular weight excluding hydrogens is 484 g/mol. The van der Waals surface area contributed by atoms with Crippen molar-refractivity contribution >= 4 is 51.6 Å². The number of aromatic nitrogens is 1. The highest BCUT2D eigenvalue weighted by atomic mass is 32.2. The monoisotopic (exact) mass is 506 g/mol. The summed E-state index contributed by atoms with van der Waals surface area (Å²) >= 11 is 2.73. The van der Waals surface area contributed by atoms with Crippen LogP contribution in [0.3, 0.4) is 0 Å². The van der Waals surface area contributed by atoms with E-state index in [-0.39, 0.29) is 22.9 Å². The molecule has 178 valence electrons. The van der Waals surface area contributed by atoms with Gasteiger partial charge in [-0.25, -0.2) is 9.78 Å². The molecule has 0 radical (unpaired) electrons. The highest BCUT2D eigenvalue weighted by Gasteiger charge is 2.52. The van der Waals surface area contributed by atoms with Gasteiger partial charge in [-0.3, -0.25) is 14.5 Å². The number of anilines is 1. The topological polar surface area (TPSA) is 115 Å². The zero-order valence-corrected chi connectivity index (χ0v) is 20.3. The van der Waals surface area contributed by atoms with Crippen molar-refractivity contribution in [2.75, 3.05) is 11.1 Å². The Hall–Kier alpha value is -3.47. The summed E-state index contributed by atoms with van der Waals surface area (Å²) in [7, 11) is 0. The second kappa shape index (κ2) is 9.65. The quantitative estimate of drug-likeness (QED) is 0.389. The molecule has 1 fully saturated rings. The maximum absolute atomic E-state index is 13.8. The predicted octanol–water partition coefficient (Wildman–Crippen LogP) is 3.39. The first kappa shape index (κ1) is 23.3. The van der Waals surface area contributed by atoms with Crippen molar-refractivity contribution in [1.29, 1.82) is 0 Å². The first-order valence-corrected chi connectivity index (χ1v) is 12.8. The van der Waals surface area contributed by atoms with Gasteiger partial charge in [-0.05, 0) is 11.1 Å². The number of nitrogens with two attached hydrogens (primary N) is 1. The number of carbonyl (C=O) groups excluding carboxylic acids is 3. The molecule has 2 aliphatic heterocycles. The number of β-lactam (4-membered cyclic amide) rings is 1. The largest absolute Gasteiger partial charge is 0.448 e. The fourth-order valence-corrected chi connectivity index (χ4v) is 6.37. The number of hydrogen-bond acceptors (Lipinski definition) is 8. The number of benzene rings is 2. The van der Waals surface area contributed by atoms with Gasteiger partial charge in [-0.2, -0.15) is 0 Å². The standard InChI is InChI=1S/C25H22N4O4S2/c1-14(30)28-25-27-12-18(35-25)17-13-34-23-19(26)22(31)29(23)20(17)24(32)33-21(15-8-4-2-5-9-15)16-10-6-3-7-11-16/h2-12,19,21,23H,13,26H2,1H3,(H,27,28,30). The molecule has 3 heterocycles. The summed E-state index contributed by atoms with van der Waals surface area (Å²) in [6.07, 6.45) is 0.934. The van der Waals surface area contributed by atoms with Crippen molar-refractivity contribution in [3.63, 3.8) is 0 Å². The van der Waals surface area contributed by atoms with Gasteiger partial charge in [0.25, 0.3) is 0 Å². The summed E-state index contributed by atoms with van der Waals surface area (Å²) in [6, 6.07) is 18.3. The number of fused-ring (bicyclic) bond motifs is 1. The van der Waals surface area contributed by atoms with Crippen LogP contribution in [0.5, 0.6) is 0 Å². The van der Waals surface area contributed by atoms with Crippen LogP contribution in [0.2, 0.25) is 0 Å². The zero-order valence-electron chi connectivity index (χ0n) is 18.7. The maximum Gasteiger partial charge on any atom is 0.356 e. The van der Waals surface area contributed by atoms with Crippen LogP contribution in [0.1, 0.15) is 29.0 Å². The minimum atomic E-state index is -0.667. The summed E-state index contributed by atoms with van der Waals surface area (Å²) in [5.41, 5.74) is 8.45. The van der Waals surface area contributed by atoms with Crippen molar-refractivity contribution in [2.24, 2.45) is 5.73 Å². The van der Waals surface area contributed by atoms with E-state index in [2.05, 4.69) is 10.3 Å². The van der Waals surface area contributed by atoms with E-state index in [1.807, 2.05) is 60.7 Å². The van der Waals surface area contributed by atoms with Crippen molar-refractivity contribution in [2.45, 2.75) is 24.4 Å². The summed E-state index contributed by atoms with van der Waals surface area (Å²) in [6.45, 7) is 1.40. The molecular formula is C25H22N4O4S2. The van der Waals surface area contributed by atoms with E-state index >= 15 is 0 Å². The number of thiazole rings is 1. The third-order valence-electron chi connectivity index (χ3n) is 5.72. The second-order valence-corrected chi connectivity index (χ2v) is 10.2. The van der Waals surface area contributed by atoms with Gasteiger partial charge in [-0.1, -0.05) is 72.0 Å². The van der Waals surface area contributed by atoms with Crippen molar-refractivity contribution in [3.05, 3.63) is 88.6 Å². The lowest BCUT2D eigenvalue weighted by Crippen LogP contribution is -2.68. The molecule has 0 aliphatic carbocycles. The lowest BCUT2D eigenvalue weighted by molar-refractivity contribution is -0.152. The van der Waals surface area contributed by atoms with E-state index in [4.69, 9.17) is 10.5 Å². The Balaban J connectivity index is 1.55. The molecule has 5 rings (SSSR count). The average molecular weight is 507 g/mol. The van der Waals surface area contributed by atoms with Crippen LogP contribution in [0.25, 0.3) is 5.57 Å². The van der Waals surface area contributed by atoms with Crippen LogP contribution in [0, 0.1) is 0 Å². The molecule has 3 aromatic rings. The highest BCUT2D eigenvalue weighted by molar-refractivity contribution is 8.00. The third-order valence-corrected chi connectivity index (χ3v) is 7.99. The molecule has 2 unspecified atom stereocenters. The predicted molar refractivity (Wildman–Crippen MR) is 135 cm³/mol. The van der Waals surface area contributed by atoms with Crippen LogP contribution >= 0.6 is 23.1 Å². The fraction of sp³-hybridized carbons (Fsp3) is 0.200. The Kier molecular flexibility index (Phi) is 6.42. The van der Waals surface area contributed by atoms with Crippen LogP contribution in [-0.4, -0.2) is 44.8 Å². The molecule has 1 aromatic heterocycles. The lowest BCUT2D eigenvalue weighted by atomic mass is 10.0. The molecule has 10 heteroatoms. The van der Waals surface area contributed by atoms with Gasteiger partial charge in [0.15, 0.2) is 11.2 Å². The Morgan fingerprint density at radius 3 is 2.34 bits per heavy atom. The first-order valence-electron chi connectivity index (χ1n) is 10.9. The Morgan fingerprint density at radius 1 is 1.11 bits per heavy atom. The van der Waals surface area contributed by atoms with E-state index < -0.39 is 18.1 Å². The van der Waals surface area contributed by atoms with Gasteiger partial charge >= 0.3 is 5.97 Å². The molecule has 2 atom stereocenters. The van der Waals surface area contributed by atoms with Crippen LogP contribution in [0.4, 0.5) is 5.13 Å². The number of rotatable bonds is 6. The average Bonchev–Trinajstić information content (AvgIpc) is 3.34. The van der Waals surface area contributed by atoms with Gasteiger partial charge in [0, 0.05) is 24.4 Å². The number of nitrogens with zero attached hydrogens (tertiary/aromatic N) is 2. The van der Waals surface area contributed by atoms with E-state index in [1.54, 1.807) is 6.20 Å². The molecule has 2 aromatic carbocycles. The molecule has 0 spiro atoms. The lowest BCUT2D eigenvalue weighted by Gasteiger charge is -2.48. The molecule has 35 heavy (non-hydrogen) atoms. The smallest absolute Gasteiger partial charge is 0.356 e. The Bertz CT molecular complexity index is 1270. The van der Waals surface area contributed by atoms with Gasteiger partial charge in [0.05, 0.1) is 4.88 Å². The van der Waals surface area contributed by atoms with Crippen LogP contribution in [-0.2, 0) is 19.1 Å². The Labute approximate surface area is 210 Å². The number of ether oxygens (including phenoxy) is 1. The highest BCUT2D eigenvalue weighted by Crippen LogP contribution is 2.45. The van der Waals surface area contributed by atoms with Gasteiger partial charge < -0.3 is 15.8 Å². The van der Waals surface area contributed by atoms with Crippen LogP contribution < -0.4 is 11.1 Å². The molecule has 2 amide bonds. The number of carbonyl (C=O) groups is 3. The minimum absolute atomic E-state index is 0.176. The van der Waals surface area contributed by atoms with Crippen molar-refractivity contribution in [1.82, 2.24) is 9.88 Å². The molecule has 0 saturated carbocycles. The van der Waals surface area contributed by atoms with E-state index in [9.17, 15) is 14.4 Å². The summed E-state index contributed by atoms with van der Waals surface area (Å²) in [5, 5.41) is 2.74. The number of esters is 1. The minimum Gasteiger partial charge on any atom is -0.448 e. The van der Waals surface area contributed by atoms with E-state index in [0.29, 0.717) is 21.3 Å². The van der Waals surface area contributed by atoms with Crippen molar-refractivity contribution in [3.8, 4) is 0 Å². The first-order chi connectivity index (χ1) is 16.9. The van der Waals surface area contributed by atoms with E-state index in [1.165, 1.54) is 34.9 Å². The number of amides is 2. The summed E-state index contributed by atoms with van der Waals surface area (Å²) < 4.78 is 6.10. The molecule has 2 aliphatic rings. The molecule has 0 bridgehead atoms. The number of nitrogens with one attached hydrogen (secondary N) is 1. The van der Waals surface area contributed by atoms with Crippen LogP contribution in [0.15, 0.2) is 72.6 Å². The molecule has 8 nitrogen and oxygen atoms in total. The van der Waals surface area contributed by atoms with Gasteiger partial charge in [0.2, 0.25) is 11.8 Å². The second-order valence-electron chi connectivity index (χ2n) is 8.08. The summed E-state index contributed by atoms with van der Waals surface area (Å²) in [5.74, 6) is -0.725. The SMILES string of the molecule is CC(=O)Nc1ncc(C2=C(C(=O)OC(c3ccccc3)c3ccccc3)N3C(=O)C(N)C3SC2)s1. The zero-order chi connectivity index (χ0) is 24.5. The molecule has 3 N–H and O–H groups in total. The van der Waals surface area contributed by atoms with Gasteiger partial charge in [-0.15, -0.1) is 11.8 Å². The number of thioether (sulfide) groups is 1. The molecule has 1 saturated heterocycles. The van der Waals surface area contributed by atoms with E-state index in [0.717, 1.165) is 11.1 Å². The van der Waals surface area contributed by atoms with Crippen molar-refractivity contribution < 1.29 is 19.1 Å². The third kappa shape index (κ3) is 4.47. The van der Waals surface area contributed by atoms with Gasteiger partial charge in [0.1, 0.15) is 17.1 Å². The normalized spacial score (nSPS) is 19.3. The maximum atomic E-state index is 13.8.